The molecule has 0 saturated heterocycles. The molecule has 0 rings (SSSR count). The molecule has 0 amide bonds. The molecule has 0 heteroatoms. The van der Waals surface area contributed by atoms with Crippen LogP contribution in [0.4, 0.5) is 0 Å². The average molecular weight is 180 g/mol. The monoisotopic (exact) mass is 180 g/mol. The molecule has 0 radical (unpaired) electrons. The maximum absolute atomic E-state index is 3.97. The normalized spacial score (nSPS) is 10.5. The smallest absolute Gasteiger partial charge is 0.0225 e. The Morgan fingerprint density at radius 2 is 1.77 bits per heavy atom. The number of hydrogen-bond donors (Lipinski definition) is 0. The summed E-state index contributed by atoms with van der Waals surface area (Å²) in [5.41, 5.74) is 2.45. The molecule has 13 heavy (non-hydrogen) atoms. The van der Waals surface area contributed by atoms with Crippen LogP contribution in [0.3, 0.4) is 0 Å². The first-order chi connectivity index (χ1) is 6.11. The van der Waals surface area contributed by atoms with Crippen molar-refractivity contribution < 1.29 is 0 Å². The minimum Gasteiger partial charge on any atom is -0.0988 e. The molecule has 0 aliphatic heterocycles. The molecule has 0 aromatic heterocycles. The zero-order valence-electron chi connectivity index (χ0n) is 9.85. The average Bonchev–Trinajstić information content (AvgIpc) is 2.16. The molecule has 0 spiro atoms. The van der Waals surface area contributed by atoms with Crippen molar-refractivity contribution in [3.8, 4) is 0 Å². The minimum absolute atomic E-state index is 0.538. The first kappa shape index (κ1) is 14.7. The van der Waals surface area contributed by atoms with E-state index in [0.717, 1.165) is 6.42 Å². The quantitative estimate of drug-likeness (QED) is 0.548. The maximum atomic E-state index is 3.97. The van der Waals surface area contributed by atoms with Crippen molar-refractivity contribution in [2.75, 3.05) is 0 Å². The molecule has 0 aliphatic rings. The first-order valence-corrected chi connectivity index (χ1v) is 5.13. The number of hydrogen-bond acceptors (Lipinski definition) is 0. The lowest BCUT2D eigenvalue weighted by molar-refractivity contribution is 0.793. The molecular weight excluding hydrogens is 156 g/mol. The van der Waals surface area contributed by atoms with E-state index in [0.29, 0.717) is 5.92 Å². The van der Waals surface area contributed by atoms with Gasteiger partial charge in [0.2, 0.25) is 0 Å². The van der Waals surface area contributed by atoms with Crippen LogP contribution in [0.15, 0.2) is 36.5 Å². The van der Waals surface area contributed by atoms with Crippen molar-refractivity contribution in [3.05, 3.63) is 36.5 Å². The standard InChI is InChI=1S/C11H18.C2H6/c1-6-11(7-2)8-10(5)9(3)4;1-2/h6,8-9H,1,5,7H2,2-4H3;1-2H3/b11-8+;. The summed E-state index contributed by atoms with van der Waals surface area (Å²) in [6.45, 7) is 18.1. The third-order valence-electron chi connectivity index (χ3n) is 1.78. The lowest BCUT2D eigenvalue weighted by Gasteiger charge is -2.04. The largest absolute Gasteiger partial charge is 0.0988 e. The number of rotatable bonds is 4. The predicted octanol–water partition coefficient (Wildman–Crippen LogP) is 4.75. The van der Waals surface area contributed by atoms with E-state index in [-0.39, 0.29) is 0 Å². The van der Waals surface area contributed by atoms with Gasteiger partial charge in [-0.05, 0) is 17.9 Å². The van der Waals surface area contributed by atoms with Crippen LogP contribution >= 0.6 is 0 Å². The van der Waals surface area contributed by atoms with Gasteiger partial charge in [-0.3, -0.25) is 0 Å². The van der Waals surface area contributed by atoms with E-state index >= 15 is 0 Å². The third-order valence-corrected chi connectivity index (χ3v) is 1.78. The lowest BCUT2D eigenvalue weighted by atomic mass is 10.0. The molecule has 0 nitrogen and oxygen atoms in total. The van der Waals surface area contributed by atoms with Crippen molar-refractivity contribution in [1.82, 2.24) is 0 Å². The van der Waals surface area contributed by atoms with E-state index < -0.39 is 0 Å². The van der Waals surface area contributed by atoms with Crippen LogP contribution in [0, 0.1) is 5.92 Å². The van der Waals surface area contributed by atoms with Crippen LogP contribution in [0.25, 0.3) is 0 Å². The molecule has 0 aliphatic carbocycles. The van der Waals surface area contributed by atoms with Gasteiger partial charge in [-0.15, -0.1) is 0 Å². The highest BCUT2D eigenvalue weighted by Gasteiger charge is 1.96. The molecule has 0 fully saturated rings. The van der Waals surface area contributed by atoms with Gasteiger partial charge in [-0.25, -0.2) is 0 Å². The summed E-state index contributed by atoms with van der Waals surface area (Å²) in [5.74, 6) is 0.538. The van der Waals surface area contributed by atoms with Gasteiger partial charge in [0, 0.05) is 0 Å². The summed E-state index contributed by atoms with van der Waals surface area (Å²) >= 11 is 0. The van der Waals surface area contributed by atoms with Gasteiger partial charge in [-0.1, -0.05) is 65.5 Å². The van der Waals surface area contributed by atoms with E-state index in [1.165, 1.54) is 11.1 Å². The molecule has 0 unspecified atom stereocenters. The van der Waals surface area contributed by atoms with Crippen LogP contribution in [0.1, 0.15) is 41.0 Å². The van der Waals surface area contributed by atoms with Crippen molar-refractivity contribution in [1.29, 1.82) is 0 Å². The van der Waals surface area contributed by atoms with Crippen LogP contribution < -0.4 is 0 Å². The van der Waals surface area contributed by atoms with Crippen LogP contribution in [0.2, 0.25) is 0 Å². The van der Waals surface area contributed by atoms with E-state index in [1.807, 2.05) is 19.9 Å². The molecule has 0 saturated carbocycles. The molecular formula is C13H24. The zero-order chi connectivity index (χ0) is 10.9. The zero-order valence-corrected chi connectivity index (χ0v) is 9.85. The summed E-state index contributed by atoms with van der Waals surface area (Å²) in [7, 11) is 0. The van der Waals surface area contributed by atoms with E-state index in [4.69, 9.17) is 0 Å². The Morgan fingerprint density at radius 3 is 2.00 bits per heavy atom. The SMILES string of the molecule is C=C/C(=C\C(=C)C(C)C)CC.CC. The fourth-order valence-electron chi connectivity index (χ4n) is 0.710. The Kier molecular flexibility index (Phi) is 10.5. The Balaban J connectivity index is 0. The Bertz CT molecular complexity index is 170. The van der Waals surface area contributed by atoms with Gasteiger partial charge < -0.3 is 0 Å². The first-order valence-electron chi connectivity index (χ1n) is 5.13. The fourth-order valence-corrected chi connectivity index (χ4v) is 0.710. The summed E-state index contributed by atoms with van der Waals surface area (Å²) < 4.78 is 0. The van der Waals surface area contributed by atoms with E-state index in [9.17, 15) is 0 Å². The topological polar surface area (TPSA) is 0 Å². The fraction of sp³-hybridized carbons (Fsp3) is 0.538. The third kappa shape index (κ3) is 7.58. The lowest BCUT2D eigenvalue weighted by Crippen LogP contribution is -1.89. The summed E-state index contributed by atoms with van der Waals surface area (Å²) in [4.78, 5) is 0. The number of allylic oxidation sites excluding steroid dienone is 4. The maximum Gasteiger partial charge on any atom is -0.0225 e. The Labute approximate surface area is 84.1 Å². The van der Waals surface area contributed by atoms with Gasteiger partial charge in [-0.2, -0.15) is 0 Å². The van der Waals surface area contributed by atoms with Crippen molar-refractivity contribution >= 4 is 0 Å². The highest BCUT2D eigenvalue weighted by atomic mass is 14.0. The second kappa shape index (κ2) is 9.31. The molecule has 0 N–H and O–H groups in total. The van der Waals surface area contributed by atoms with E-state index in [2.05, 4.69) is 40.0 Å². The van der Waals surface area contributed by atoms with E-state index in [1.54, 1.807) is 0 Å². The second-order valence-corrected chi connectivity index (χ2v) is 3.01. The van der Waals surface area contributed by atoms with Crippen molar-refractivity contribution in [2.45, 2.75) is 41.0 Å². The highest BCUT2D eigenvalue weighted by molar-refractivity contribution is 5.27. The summed E-state index contributed by atoms with van der Waals surface area (Å²) in [6.07, 6.45) is 5.06. The predicted molar refractivity (Wildman–Crippen MR) is 63.9 cm³/mol. The van der Waals surface area contributed by atoms with Gasteiger partial charge >= 0.3 is 0 Å². The van der Waals surface area contributed by atoms with Crippen molar-refractivity contribution in [2.24, 2.45) is 5.92 Å². The Hall–Kier alpha value is -0.780. The van der Waals surface area contributed by atoms with Gasteiger partial charge in [0.05, 0.1) is 0 Å². The van der Waals surface area contributed by atoms with Gasteiger partial charge in [0.25, 0.3) is 0 Å². The van der Waals surface area contributed by atoms with Crippen LogP contribution in [0.5, 0.6) is 0 Å². The highest BCUT2D eigenvalue weighted by Crippen LogP contribution is 2.12. The van der Waals surface area contributed by atoms with Gasteiger partial charge in [0.15, 0.2) is 0 Å². The molecule has 0 bridgehead atoms. The molecule has 0 heterocycles. The molecule has 0 aromatic carbocycles. The van der Waals surface area contributed by atoms with Crippen LogP contribution in [-0.4, -0.2) is 0 Å². The van der Waals surface area contributed by atoms with Gasteiger partial charge in [0.1, 0.15) is 0 Å². The Morgan fingerprint density at radius 1 is 1.31 bits per heavy atom. The second-order valence-electron chi connectivity index (χ2n) is 3.01. The molecule has 76 valence electrons. The summed E-state index contributed by atoms with van der Waals surface area (Å²) in [5, 5.41) is 0. The van der Waals surface area contributed by atoms with Crippen molar-refractivity contribution in [3.63, 3.8) is 0 Å². The molecule has 0 aromatic rings. The molecule has 0 atom stereocenters. The summed E-state index contributed by atoms with van der Waals surface area (Å²) in [6, 6.07) is 0. The van der Waals surface area contributed by atoms with Crippen LogP contribution in [-0.2, 0) is 0 Å². The minimum atomic E-state index is 0.538.